The first-order valence-corrected chi connectivity index (χ1v) is 6.25. The van der Waals surface area contributed by atoms with Crippen LogP contribution in [0.1, 0.15) is 23.2 Å². The molecule has 0 saturated carbocycles. The van der Waals surface area contributed by atoms with Crippen molar-refractivity contribution in [2.24, 2.45) is 5.92 Å². The van der Waals surface area contributed by atoms with Crippen LogP contribution in [0.15, 0.2) is 22.7 Å². The number of rotatable bonds is 3. The average molecular weight is 283 g/mol. The van der Waals surface area contributed by atoms with E-state index in [1.54, 1.807) is 12.1 Å². The molecule has 1 heterocycles. The molecule has 1 saturated heterocycles. The molecule has 1 aliphatic rings. The van der Waals surface area contributed by atoms with E-state index >= 15 is 0 Å². The van der Waals surface area contributed by atoms with Gasteiger partial charge in [-0.15, -0.1) is 0 Å². The average Bonchev–Trinajstić information content (AvgIpc) is 2.74. The maximum absolute atomic E-state index is 12.0. The van der Waals surface area contributed by atoms with Crippen molar-refractivity contribution in [1.82, 2.24) is 5.32 Å². The molecule has 1 unspecified atom stereocenters. The predicted octanol–water partition coefficient (Wildman–Crippen LogP) is 2.21. The molecule has 1 aromatic carbocycles. The minimum absolute atomic E-state index is 0.146. The largest absolute Gasteiger partial charge is 0.398 e. The van der Waals surface area contributed by atoms with Crippen LogP contribution in [-0.2, 0) is 0 Å². The van der Waals surface area contributed by atoms with Gasteiger partial charge in [0.25, 0.3) is 0 Å². The molecule has 3 N–H and O–H groups in total. The van der Waals surface area contributed by atoms with Crippen LogP contribution in [0.5, 0.6) is 0 Å². The Bertz CT molecular complexity index is 400. The van der Waals surface area contributed by atoms with Gasteiger partial charge in [-0.2, -0.15) is 0 Å². The highest BCUT2D eigenvalue weighted by Gasteiger charge is 2.20. The maximum atomic E-state index is 12.0. The van der Waals surface area contributed by atoms with Gasteiger partial charge in [0.1, 0.15) is 0 Å². The van der Waals surface area contributed by atoms with E-state index in [2.05, 4.69) is 21.2 Å². The summed E-state index contributed by atoms with van der Waals surface area (Å²) in [6, 6.07) is 5.42. The number of nitrogens with two attached hydrogens (primary N) is 1. The van der Waals surface area contributed by atoms with E-state index in [1.165, 1.54) is 0 Å². The molecule has 1 fully saturated rings. The smallest absolute Gasteiger partial charge is 0.165 e. The van der Waals surface area contributed by atoms with E-state index in [9.17, 15) is 4.79 Å². The van der Waals surface area contributed by atoms with E-state index in [4.69, 9.17) is 5.73 Å². The van der Waals surface area contributed by atoms with Gasteiger partial charge in [-0.3, -0.25) is 4.79 Å². The van der Waals surface area contributed by atoms with E-state index < -0.39 is 0 Å². The van der Waals surface area contributed by atoms with Crippen LogP contribution >= 0.6 is 15.9 Å². The Morgan fingerprint density at radius 3 is 3.06 bits per heavy atom. The predicted molar refractivity (Wildman–Crippen MR) is 68.5 cm³/mol. The summed E-state index contributed by atoms with van der Waals surface area (Å²) in [6.07, 6.45) is 1.67. The maximum Gasteiger partial charge on any atom is 0.165 e. The second kappa shape index (κ2) is 4.97. The lowest BCUT2D eigenvalue weighted by Gasteiger charge is -2.09. The van der Waals surface area contributed by atoms with Crippen LogP contribution < -0.4 is 11.1 Å². The number of nitrogen functional groups attached to an aromatic ring is 1. The van der Waals surface area contributed by atoms with Crippen LogP contribution in [0.2, 0.25) is 0 Å². The first kappa shape index (κ1) is 11.6. The Hall–Kier alpha value is -0.870. The first-order chi connectivity index (χ1) is 7.66. The van der Waals surface area contributed by atoms with Crippen molar-refractivity contribution in [2.45, 2.75) is 12.8 Å². The molecule has 0 aliphatic carbocycles. The van der Waals surface area contributed by atoms with Crippen molar-refractivity contribution in [3.63, 3.8) is 0 Å². The van der Waals surface area contributed by atoms with Crippen molar-refractivity contribution in [3.8, 4) is 0 Å². The highest BCUT2D eigenvalue weighted by atomic mass is 79.9. The number of carbonyl (C=O) groups excluding carboxylic acids is 1. The molecule has 4 heteroatoms. The number of carbonyl (C=O) groups is 1. The highest BCUT2D eigenvalue weighted by molar-refractivity contribution is 9.10. The third-order valence-corrected chi connectivity index (χ3v) is 3.45. The quantitative estimate of drug-likeness (QED) is 0.660. The van der Waals surface area contributed by atoms with E-state index in [0.29, 0.717) is 23.6 Å². The fourth-order valence-electron chi connectivity index (χ4n) is 2.03. The zero-order chi connectivity index (χ0) is 11.5. The van der Waals surface area contributed by atoms with E-state index in [1.807, 2.05) is 6.07 Å². The molecule has 0 radical (unpaired) electrons. The second-order valence-electron chi connectivity index (χ2n) is 4.22. The van der Waals surface area contributed by atoms with Gasteiger partial charge in [0.15, 0.2) is 5.78 Å². The number of hydrogen-bond donors (Lipinski definition) is 2. The normalized spacial score (nSPS) is 19.9. The lowest BCUT2D eigenvalue weighted by atomic mass is 9.97. The second-order valence-corrected chi connectivity index (χ2v) is 5.13. The number of hydrogen-bond acceptors (Lipinski definition) is 3. The van der Waals surface area contributed by atoms with Crippen molar-refractivity contribution < 1.29 is 4.79 Å². The molecule has 2 rings (SSSR count). The zero-order valence-corrected chi connectivity index (χ0v) is 10.6. The van der Waals surface area contributed by atoms with Gasteiger partial charge in [-0.25, -0.2) is 0 Å². The number of halogens is 1. The van der Waals surface area contributed by atoms with Crippen LogP contribution in [0.4, 0.5) is 5.69 Å². The summed E-state index contributed by atoms with van der Waals surface area (Å²) >= 11 is 3.36. The standard InChI is InChI=1S/C12H15BrN2O/c13-9-1-2-11(14)10(6-9)12(16)5-8-3-4-15-7-8/h1-2,6,8,15H,3-5,7,14H2. The minimum atomic E-state index is 0.146. The molecule has 0 bridgehead atoms. The summed E-state index contributed by atoms with van der Waals surface area (Å²) in [6.45, 7) is 1.96. The van der Waals surface area contributed by atoms with Crippen molar-refractivity contribution >= 4 is 27.4 Å². The Kier molecular flexibility index (Phi) is 3.61. The summed E-state index contributed by atoms with van der Waals surface area (Å²) in [4.78, 5) is 12.0. The molecule has 1 aliphatic heterocycles. The van der Waals surface area contributed by atoms with Gasteiger partial charge in [0, 0.05) is 22.1 Å². The Balaban J connectivity index is 2.10. The number of nitrogens with one attached hydrogen (secondary N) is 1. The van der Waals surface area contributed by atoms with Crippen molar-refractivity contribution in [3.05, 3.63) is 28.2 Å². The van der Waals surface area contributed by atoms with Gasteiger partial charge in [-0.1, -0.05) is 15.9 Å². The van der Waals surface area contributed by atoms with Crippen LogP contribution in [0.25, 0.3) is 0 Å². The fourth-order valence-corrected chi connectivity index (χ4v) is 2.39. The molecule has 1 atom stereocenters. The molecule has 0 amide bonds. The van der Waals surface area contributed by atoms with Crippen LogP contribution in [0, 0.1) is 5.92 Å². The summed E-state index contributed by atoms with van der Waals surface area (Å²) in [5.41, 5.74) is 7.02. The number of ketones is 1. The van der Waals surface area contributed by atoms with Crippen LogP contribution in [-0.4, -0.2) is 18.9 Å². The van der Waals surface area contributed by atoms with E-state index in [-0.39, 0.29) is 5.78 Å². The monoisotopic (exact) mass is 282 g/mol. The molecular weight excluding hydrogens is 268 g/mol. The van der Waals surface area contributed by atoms with E-state index in [0.717, 1.165) is 24.0 Å². The number of Topliss-reactive ketones (excluding diaryl/α,β-unsaturated/α-hetero) is 1. The zero-order valence-electron chi connectivity index (χ0n) is 9.00. The lowest BCUT2D eigenvalue weighted by molar-refractivity contribution is 0.0965. The molecule has 0 aromatic heterocycles. The third-order valence-electron chi connectivity index (χ3n) is 2.95. The third kappa shape index (κ3) is 2.62. The minimum Gasteiger partial charge on any atom is -0.398 e. The summed E-state index contributed by atoms with van der Waals surface area (Å²) in [5.74, 6) is 0.610. The molecule has 1 aromatic rings. The molecule has 86 valence electrons. The van der Waals surface area contributed by atoms with Gasteiger partial charge >= 0.3 is 0 Å². The van der Waals surface area contributed by atoms with Gasteiger partial charge < -0.3 is 11.1 Å². The topological polar surface area (TPSA) is 55.1 Å². The lowest BCUT2D eigenvalue weighted by Crippen LogP contribution is -2.13. The number of anilines is 1. The summed E-state index contributed by atoms with van der Waals surface area (Å²) in [7, 11) is 0. The van der Waals surface area contributed by atoms with Crippen molar-refractivity contribution in [2.75, 3.05) is 18.8 Å². The molecule has 0 spiro atoms. The Morgan fingerprint density at radius 1 is 1.56 bits per heavy atom. The first-order valence-electron chi connectivity index (χ1n) is 5.46. The highest BCUT2D eigenvalue weighted by Crippen LogP contribution is 2.22. The Labute approximate surface area is 104 Å². The van der Waals surface area contributed by atoms with Gasteiger partial charge in [0.05, 0.1) is 0 Å². The molecule has 16 heavy (non-hydrogen) atoms. The summed E-state index contributed by atoms with van der Waals surface area (Å²) < 4.78 is 0.898. The van der Waals surface area contributed by atoms with Crippen molar-refractivity contribution in [1.29, 1.82) is 0 Å². The summed E-state index contributed by atoms with van der Waals surface area (Å²) in [5, 5.41) is 3.26. The van der Waals surface area contributed by atoms with Crippen LogP contribution in [0.3, 0.4) is 0 Å². The fraction of sp³-hybridized carbons (Fsp3) is 0.417. The molecular formula is C12H15BrN2O. The van der Waals surface area contributed by atoms with Gasteiger partial charge in [0.2, 0.25) is 0 Å². The SMILES string of the molecule is Nc1ccc(Br)cc1C(=O)CC1CCNC1. The number of benzene rings is 1. The Morgan fingerprint density at radius 2 is 2.38 bits per heavy atom. The molecule has 3 nitrogen and oxygen atoms in total. The van der Waals surface area contributed by atoms with Gasteiger partial charge in [-0.05, 0) is 43.6 Å².